The van der Waals surface area contributed by atoms with Crippen molar-refractivity contribution in [3.8, 4) is 11.5 Å². The molecule has 18 heavy (non-hydrogen) atoms. The number of aliphatic hydroxyl groups is 1. The molecule has 0 aliphatic carbocycles. The first kappa shape index (κ1) is 13.1. The summed E-state index contributed by atoms with van der Waals surface area (Å²) < 4.78 is 24.5. The van der Waals surface area contributed by atoms with Gasteiger partial charge in [0.2, 0.25) is 0 Å². The number of aliphatic hydroxyl groups excluding tert-OH is 1. The zero-order valence-electron chi connectivity index (χ0n) is 9.15. The highest BCUT2D eigenvalue weighted by Crippen LogP contribution is 2.41. The number of aliphatic carboxylic acids is 1. The van der Waals surface area contributed by atoms with E-state index >= 15 is 0 Å². The van der Waals surface area contributed by atoms with Crippen LogP contribution in [0.3, 0.4) is 0 Å². The molecule has 1 unspecified atom stereocenters. The summed E-state index contributed by atoms with van der Waals surface area (Å²) in [7, 11) is 0. The lowest BCUT2D eigenvalue weighted by Gasteiger charge is -2.14. The lowest BCUT2D eigenvalue weighted by molar-refractivity contribution is -0.147. The van der Waals surface area contributed by atoms with Crippen molar-refractivity contribution in [3.05, 3.63) is 21.9 Å². The lowest BCUT2D eigenvalue weighted by Crippen LogP contribution is -2.13. The number of hydrogen-bond donors (Lipinski definition) is 2. The second-order valence-corrected chi connectivity index (χ2v) is 4.51. The van der Waals surface area contributed by atoms with Crippen molar-refractivity contribution in [1.29, 1.82) is 0 Å². The molecule has 1 aromatic carbocycles. The summed E-state index contributed by atoms with van der Waals surface area (Å²) in [6.07, 6.45) is -1.31. The molecule has 2 N–H and O–H groups in total. The van der Waals surface area contributed by atoms with Crippen molar-refractivity contribution >= 4 is 21.9 Å². The Morgan fingerprint density at radius 2 is 2.11 bits per heavy atom. The van der Waals surface area contributed by atoms with E-state index in [-0.39, 0.29) is 21.5 Å². The average Bonchev–Trinajstić information content (AvgIpc) is 2.58. The molecule has 7 heteroatoms. The third-order valence-electron chi connectivity index (χ3n) is 2.48. The Kier molecular flexibility index (Phi) is 3.72. The number of carboxylic acids is 1. The molecule has 0 spiro atoms. The smallest absolute Gasteiger partial charge is 0.337 e. The van der Waals surface area contributed by atoms with E-state index < -0.39 is 17.9 Å². The van der Waals surface area contributed by atoms with Crippen LogP contribution in [-0.4, -0.2) is 29.4 Å². The predicted octanol–water partition coefficient (Wildman–Crippen LogP) is 1.87. The molecule has 0 saturated carbocycles. The number of hydrogen-bond acceptors (Lipinski definition) is 4. The highest BCUT2D eigenvalue weighted by Gasteiger charge is 2.27. The molecule has 1 heterocycles. The van der Waals surface area contributed by atoms with Crippen LogP contribution in [0.25, 0.3) is 0 Å². The molecule has 5 nitrogen and oxygen atoms in total. The Bertz CT molecular complexity index is 491. The van der Waals surface area contributed by atoms with Gasteiger partial charge in [0.05, 0.1) is 17.7 Å². The van der Waals surface area contributed by atoms with Crippen LogP contribution in [0.4, 0.5) is 4.39 Å². The quantitative estimate of drug-likeness (QED) is 0.870. The van der Waals surface area contributed by atoms with E-state index in [9.17, 15) is 14.3 Å². The minimum atomic E-state index is -1.95. The van der Waals surface area contributed by atoms with Crippen LogP contribution in [0.5, 0.6) is 11.5 Å². The molecule has 0 saturated heterocycles. The zero-order valence-corrected chi connectivity index (χ0v) is 10.7. The number of ether oxygens (including phenoxy) is 2. The van der Waals surface area contributed by atoms with Crippen LogP contribution in [0.15, 0.2) is 10.5 Å². The molecule has 0 amide bonds. The second-order valence-electron chi connectivity index (χ2n) is 3.71. The molecule has 1 aliphatic heterocycles. The molecule has 0 radical (unpaired) electrons. The zero-order chi connectivity index (χ0) is 13.3. The number of carboxylic acid groups (broad SMARTS) is 1. The van der Waals surface area contributed by atoms with Gasteiger partial charge in [-0.2, -0.15) is 0 Å². The normalized spacial score (nSPS) is 15.9. The fourth-order valence-electron chi connectivity index (χ4n) is 1.59. The van der Waals surface area contributed by atoms with E-state index in [2.05, 4.69) is 15.9 Å². The molecule has 1 atom stereocenters. The Labute approximate surface area is 110 Å². The van der Waals surface area contributed by atoms with Crippen LogP contribution in [0, 0.1) is 5.82 Å². The first-order valence-corrected chi connectivity index (χ1v) is 6.00. The fraction of sp³-hybridized carbons (Fsp3) is 0.364. The van der Waals surface area contributed by atoms with Gasteiger partial charge in [-0.15, -0.1) is 0 Å². The van der Waals surface area contributed by atoms with Crippen molar-refractivity contribution in [1.82, 2.24) is 0 Å². The summed E-state index contributed by atoms with van der Waals surface area (Å²) in [5.41, 5.74) is -0.362. The van der Waals surface area contributed by atoms with Gasteiger partial charge in [0.25, 0.3) is 0 Å². The molecule has 98 valence electrons. The maximum atomic E-state index is 13.9. The van der Waals surface area contributed by atoms with Gasteiger partial charge >= 0.3 is 5.97 Å². The maximum Gasteiger partial charge on any atom is 0.337 e. The Balaban J connectivity index is 2.53. The Morgan fingerprint density at radius 1 is 1.44 bits per heavy atom. The maximum absolute atomic E-state index is 13.9. The van der Waals surface area contributed by atoms with Crippen LogP contribution in [0.2, 0.25) is 0 Å². The first-order valence-electron chi connectivity index (χ1n) is 5.20. The first-order chi connectivity index (χ1) is 8.52. The van der Waals surface area contributed by atoms with E-state index in [0.717, 1.165) is 6.07 Å². The fourth-order valence-corrected chi connectivity index (χ4v) is 2.13. The summed E-state index contributed by atoms with van der Waals surface area (Å²) in [4.78, 5) is 10.7. The van der Waals surface area contributed by atoms with Crippen molar-refractivity contribution in [2.24, 2.45) is 0 Å². The molecule has 0 bridgehead atoms. The SMILES string of the molecule is O=C(O)C(O)c1cc2c(c(Br)c1F)OCCCO2. The average molecular weight is 321 g/mol. The molecular weight excluding hydrogens is 311 g/mol. The summed E-state index contributed by atoms with van der Waals surface area (Å²) in [6, 6.07) is 1.15. The lowest BCUT2D eigenvalue weighted by atomic mass is 10.1. The second kappa shape index (κ2) is 5.11. The number of benzene rings is 1. The van der Waals surface area contributed by atoms with Crippen LogP contribution < -0.4 is 9.47 Å². The predicted molar refractivity (Wildman–Crippen MR) is 62.3 cm³/mol. The van der Waals surface area contributed by atoms with Gasteiger partial charge in [-0.1, -0.05) is 0 Å². The number of rotatable bonds is 2. The van der Waals surface area contributed by atoms with Gasteiger partial charge in [0, 0.05) is 12.0 Å². The topological polar surface area (TPSA) is 76.0 Å². The van der Waals surface area contributed by atoms with Gasteiger partial charge in [-0.05, 0) is 22.0 Å². The summed E-state index contributed by atoms with van der Waals surface area (Å²) in [5.74, 6) is -1.99. The third kappa shape index (κ3) is 2.28. The number of carbonyl (C=O) groups is 1. The van der Waals surface area contributed by atoms with Gasteiger partial charge < -0.3 is 19.7 Å². The van der Waals surface area contributed by atoms with Crippen molar-refractivity contribution in [3.63, 3.8) is 0 Å². The highest BCUT2D eigenvalue weighted by atomic mass is 79.9. The van der Waals surface area contributed by atoms with E-state index in [4.69, 9.17) is 14.6 Å². The van der Waals surface area contributed by atoms with Gasteiger partial charge in [0.15, 0.2) is 17.6 Å². The Morgan fingerprint density at radius 3 is 2.78 bits per heavy atom. The highest BCUT2D eigenvalue weighted by molar-refractivity contribution is 9.10. The van der Waals surface area contributed by atoms with Crippen LogP contribution in [-0.2, 0) is 4.79 Å². The summed E-state index contributed by atoms with van der Waals surface area (Å²) in [5, 5.41) is 18.1. The molecule has 1 aliphatic rings. The molecule has 1 aromatic rings. The Hall–Kier alpha value is -1.34. The van der Waals surface area contributed by atoms with Crippen molar-refractivity contribution < 1.29 is 28.9 Å². The van der Waals surface area contributed by atoms with E-state index in [1.165, 1.54) is 0 Å². The van der Waals surface area contributed by atoms with E-state index in [1.807, 2.05) is 0 Å². The van der Waals surface area contributed by atoms with E-state index in [0.29, 0.717) is 19.6 Å². The minimum Gasteiger partial charge on any atom is -0.490 e. The van der Waals surface area contributed by atoms with Crippen molar-refractivity contribution in [2.75, 3.05) is 13.2 Å². The standard InChI is InChI=1S/C11H10BrFO5/c12-7-8(13)5(9(14)11(15)16)4-6-10(7)18-3-1-2-17-6/h4,9,14H,1-3H2,(H,15,16). The van der Waals surface area contributed by atoms with Gasteiger partial charge in [-0.3, -0.25) is 0 Å². The van der Waals surface area contributed by atoms with Gasteiger partial charge in [0.1, 0.15) is 5.82 Å². The summed E-state index contributed by atoms with van der Waals surface area (Å²) >= 11 is 2.98. The third-order valence-corrected chi connectivity index (χ3v) is 3.19. The largest absolute Gasteiger partial charge is 0.490 e. The summed E-state index contributed by atoms with van der Waals surface area (Å²) in [6.45, 7) is 0.763. The van der Waals surface area contributed by atoms with Crippen molar-refractivity contribution in [2.45, 2.75) is 12.5 Å². The molecule has 2 rings (SSSR count). The van der Waals surface area contributed by atoms with Gasteiger partial charge in [-0.25, -0.2) is 9.18 Å². The van der Waals surface area contributed by atoms with E-state index in [1.54, 1.807) is 0 Å². The molecular formula is C11H10BrFO5. The molecule has 0 fully saturated rings. The number of fused-ring (bicyclic) bond motifs is 1. The van der Waals surface area contributed by atoms with Crippen LogP contribution >= 0.6 is 15.9 Å². The van der Waals surface area contributed by atoms with Crippen LogP contribution in [0.1, 0.15) is 18.1 Å². The minimum absolute atomic E-state index is 0.0443. The molecule has 0 aromatic heterocycles. The number of halogens is 2. The monoisotopic (exact) mass is 320 g/mol.